The van der Waals surface area contributed by atoms with Gasteiger partial charge in [0, 0.05) is 38.7 Å². The lowest BCUT2D eigenvalue weighted by molar-refractivity contribution is -0.116. The zero-order valence-electron chi connectivity index (χ0n) is 18.3. The van der Waals surface area contributed by atoms with Crippen LogP contribution in [0.1, 0.15) is 25.6 Å². The number of imidazole rings is 1. The van der Waals surface area contributed by atoms with E-state index in [2.05, 4.69) is 22.2 Å². The monoisotopic (exact) mass is 491 g/mol. The number of morpholine rings is 1. The number of ether oxygens (including phenoxy) is 1. The molecule has 0 radical (unpaired) electrons. The number of sulfonamides is 1. The Hall–Kier alpha value is -2.53. The SMILES string of the molecule is CCCn1c(CCC(=O)Nc2ccc(Cl)cn2)nc2cc(S(=O)(=O)N3CCOCC3)ccc21. The molecule has 33 heavy (non-hydrogen) atoms. The standard InChI is InChI=1S/C22H26ClN5O4S/c1-2-9-28-19-5-4-17(33(30,31)27-10-12-32-13-11-27)14-18(19)25-21(28)7-8-22(29)26-20-6-3-16(23)15-24-20/h3-6,14-15H,2,7-13H2,1H3,(H,24,26,29). The summed E-state index contributed by atoms with van der Waals surface area (Å²) in [6.07, 6.45) is 2.99. The zero-order valence-corrected chi connectivity index (χ0v) is 19.9. The van der Waals surface area contributed by atoms with Gasteiger partial charge in [0.25, 0.3) is 0 Å². The van der Waals surface area contributed by atoms with E-state index in [0.29, 0.717) is 49.1 Å². The molecule has 0 bridgehead atoms. The predicted octanol–water partition coefficient (Wildman–Crippen LogP) is 3.09. The normalized spacial score (nSPS) is 15.1. The Morgan fingerprint density at radius 3 is 2.70 bits per heavy atom. The third-order valence-electron chi connectivity index (χ3n) is 5.42. The number of fused-ring (bicyclic) bond motifs is 1. The Morgan fingerprint density at radius 2 is 2.00 bits per heavy atom. The highest BCUT2D eigenvalue weighted by molar-refractivity contribution is 7.89. The fourth-order valence-corrected chi connectivity index (χ4v) is 5.34. The number of hydrogen-bond acceptors (Lipinski definition) is 6. The van der Waals surface area contributed by atoms with Crippen LogP contribution in [0.5, 0.6) is 0 Å². The molecule has 1 aliphatic heterocycles. The molecule has 2 aromatic heterocycles. The third-order valence-corrected chi connectivity index (χ3v) is 7.54. The Kier molecular flexibility index (Phi) is 7.28. The molecular weight excluding hydrogens is 466 g/mol. The van der Waals surface area contributed by atoms with Crippen molar-refractivity contribution in [2.24, 2.45) is 0 Å². The van der Waals surface area contributed by atoms with E-state index in [0.717, 1.165) is 24.3 Å². The molecule has 1 aliphatic rings. The average Bonchev–Trinajstić information content (AvgIpc) is 3.17. The summed E-state index contributed by atoms with van der Waals surface area (Å²) in [4.78, 5) is 21.4. The van der Waals surface area contributed by atoms with Crippen LogP contribution < -0.4 is 5.32 Å². The molecule has 176 valence electrons. The maximum atomic E-state index is 13.0. The van der Waals surface area contributed by atoms with Crippen LogP contribution in [-0.4, -0.2) is 59.5 Å². The molecule has 3 aromatic rings. The lowest BCUT2D eigenvalue weighted by Gasteiger charge is -2.26. The van der Waals surface area contributed by atoms with Crippen LogP contribution in [0.25, 0.3) is 11.0 Å². The van der Waals surface area contributed by atoms with Crippen molar-refractivity contribution >= 4 is 44.4 Å². The number of aromatic nitrogens is 3. The van der Waals surface area contributed by atoms with E-state index in [1.165, 1.54) is 10.5 Å². The number of carbonyl (C=O) groups excluding carboxylic acids is 1. The minimum atomic E-state index is -3.61. The number of amides is 1. The molecule has 1 amide bonds. The Morgan fingerprint density at radius 1 is 1.21 bits per heavy atom. The maximum absolute atomic E-state index is 13.0. The molecule has 11 heteroatoms. The van der Waals surface area contributed by atoms with Crippen molar-refractivity contribution in [2.45, 2.75) is 37.6 Å². The number of halogens is 1. The fourth-order valence-electron chi connectivity index (χ4n) is 3.80. The molecule has 1 fully saturated rings. The number of pyridine rings is 1. The summed E-state index contributed by atoms with van der Waals surface area (Å²) >= 11 is 5.83. The van der Waals surface area contributed by atoms with E-state index >= 15 is 0 Å². The molecule has 0 spiro atoms. The van der Waals surface area contributed by atoms with Gasteiger partial charge in [-0.15, -0.1) is 0 Å². The molecule has 9 nitrogen and oxygen atoms in total. The third kappa shape index (κ3) is 5.35. The van der Waals surface area contributed by atoms with Gasteiger partial charge in [-0.05, 0) is 36.8 Å². The van der Waals surface area contributed by atoms with Gasteiger partial charge in [-0.1, -0.05) is 18.5 Å². The summed E-state index contributed by atoms with van der Waals surface area (Å²) in [5.74, 6) is 0.993. The topological polar surface area (TPSA) is 106 Å². The number of hydrogen-bond donors (Lipinski definition) is 1. The number of benzene rings is 1. The predicted molar refractivity (Wildman–Crippen MR) is 126 cm³/mol. The number of carbonyl (C=O) groups is 1. The van der Waals surface area contributed by atoms with Gasteiger partial charge in [0.1, 0.15) is 11.6 Å². The molecule has 0 saturated carbocycles. The van der Waals surface area contributed by atoms with Gasteiger partial charge in [0.2, 0.25) is 15.9 Å². The van der Waals surface area contributed by atoms with Crippen LogP contribution in [0.15, 0.2) is 41.4 Å². The van der Waals surface area contributed by atoms with E-state index in [1.54, 1.807) is 30.3 Å². The van der Waals surface area contributed by atoms with Gasteiger partial charge in [-0.3, -0.25) is 4.79 Å². The van der Waals surface area contributed by atoms with Gasteiger partial charge in [-0.25, -0.2) is 18.4 Å². The van der Waals surface area contributed by atoms with Gasteiger partial charge in [0.05, 0.1) is 34.2 Å². The first-order valence-corrected chi connectivity index (χ1v) is 12.7. The zero-order chi connectivity index (χ0) is 23.4. The van der Waals surface area contributed by atoms with Gasteiger partial charge >= 0.3 is 0 Å². The molecule has 0 aliphatic carbocycles. The number of nitrogens with one attached hydrogen (secondary N) is 1. The largest absolute Gasteiger partial charge is 0.379 e. The van der Waals surface area contributed by atoms with Crippen molar-refractivity contribution in [3.05, 3.63) is 47.4 Å². The molecule has 1 N–H and O–H groups in total. The lowest BCUT2D eigenvalue weighted by Crippen LogP contribution is -2.40. The summed E-state index contributed by atoms with van der Waals surface area (Å²) in [5, 5.41) is 3.25. The summed E-state index contributed by atoms with van der Waals surface area (Å²) in [6, 6.07) is 8.35. The second kappa shape index (κ2) is 10.2. The fraction of sp³-hybridized carbons (Fsp3) is 0.409. The van der Waals surface area contributed by atoms with E-state index in [-0.39, 0.29) is 17.2 Å². The number of aryl methyl sites for hydroxylation is 2. The summed E-state index contributed by atoms with van der Waals surface area (Å²) in [5.41, 5.74) is 1.46. The first kappa shape index (κ1) is 23.6. The van der Waals surface area contributed by atoms with Crippen LogP contribution >= 0.6 is 11.6 Å². The quantitative estimate of drug-likeness (QED) is 0.519. The van der Waals surface area contributed by atoms with Crippen molar-refractivity contribution in [3.63, 3.8) is 0 Å². The van der Waals surface area contributed by atoms with Crippen LogP contribution in [-0.2, 0) is 32.5 Å². The van der Waals surface area contributed by atoms with Crippen LogP contribution in [0.4, 0.5) is 5.82 Å². The van der Waals surface area contributed by atoms with E-state index in [4.69, 9.17) is 16.3 Å². The van der Waals surface area contributed by atoms with E-state index in [1.807, 2.05) is 4.57 Å². The maximum Gasteiger partial charge on any atom is 0.243 e. The summed E-state index contributed by atoms with van der Waals surface area (Å²) < 4.78 is 34.8. The molecule has 3 heterocycles. The second-order valence-corrected chi connectivity index (χ2v) is 10.1. The van der Waals surface area contributed by atoms with Crippen LogP contribution in [0.2, 0.25) is 5.02 Å². The molecule has 1 saturated heterocycles. The van der Waals surface area contributed by atoms with Gasteiger partial charge in [0.15, 0.2) is 0 Å². The van der Waals surface area contributed by atoms with Crippen molar-refractivity contribution in [1.29, 1.82) is 0 Å². The lowest BCUT2D eigenvalue weighted by atomic mass is 10.2. The van der Waals surface area contributed by atoms with Crippen molar-refractivity contribution in [1.82, 2.24) is 18.8 Å². The number of nitrogens with zero attached hydrogens (tertiary/aromatic N) is 4. The Bertz CT molecular complexity index is 1240. The number of anilines is 1. The van der Waals surface area contributed by atoms with Crippen LogP contribution in [0, 0.1) is 0 Å². The van der Waals surface area contributed by atoms with Crippen molar-refractivity contribution in [3.8, 4) is 0 Å². The highest BCUT2D eigenvalue weighted by atomic mass is 35.5. The highest BCUT2D eigenvalue weighted by Gasteiger charge is 2.27. The van der Waals surface area contributed by atoms with Gasteiger partial charge < -0.3 is 14.6 Å². The van der Waals surface area contributed by atoms with Crippen molar-refractivity contribution in [2.75, 3.05) is 31.6 Å². The molecule has 0 atom stereocenters. The average molecular weight is 492 g/mol. The van der Waals surface area contributed by atoms with E-state index in [9.17, 15) is 13.2 Å². The minimum Gasteiger partial charge on any atom is -0.379 e. The summed E-state index contributed by atoms with van der Waals surface area (Å²) in [7, 11) is -3.61. The first-order valence-electron chi connectivity index (χ1n) is 10.9. The molecular formula is C22H26ClN5O4S. The first-order chi connectivity index (χ1) is 15.9. The highest BCUT2D eigenvalue weighted by Crippen LogP contribution is 2.24. The summed E-state index contributed by atoms with van der Waals surface area (Å²) in [6.45, 7) is 4.25. The second-order valence-electron chi connectivity index (χ2n) is 7.76. The molecule has 1 aromatic carbocycles. The van der Waals surface area contributed by atoms with Crippen LogP contribution in [0.3, 0.4) is 0 Å². The number of rotatable bonds is 8. The van der Waals surface area contributed by atoms with Gasteiger partial charge in [-0.2, -0.15) is 4.31 Å². The Labute approximate surface area is 197 Å². The Balaban J connectivity index is 1.54. The van der Waals surface area contributed by atoms with E-state index < -0.39 is 10.0 Å². The van der Waals surface area contributed by atoms with Crippen molar-refractivity contribution < 1.29 is 17.9 Å². The molecule has 0 unspecified atom stereocenters. The smallest absolute Gasteiger partial charge is 0.243 e. The minimum absolute atomic E-state index is 0.185. The molecule has 4 rings (SSSR count).